The van der Waals surface area contributed by atoms with Crippen LogP contribution in [0, 0.1) is 24.2 Å². The highest BCUT2D eigenvalue weighted by molar-refractivity contribution is 5.89. The number of nitriles is 1. The average molecular weight is 287 g/mol. The van der Waals surface area contributed by atoms with E-state index in [9.17, 15) is 4.79 Å². The summed E-state index contributed by atoms with van der Waals surface area (Å²) in [7, 11) is 0. The van der Waals surface area contributed by atoms with Gasteiger partial charge >= 0.3 is 6.03 Å². The average Bonchev–Trinajstić information content (AvgIpc) is 3.01. The van der Waals surface area contributed by atoms with Gasteiger partial charge in [-0.15, -0.1) is 0 Å². The van der Waals surface area contributed by atoms with Crippen molar-refractivity contribution in [2.45, 2.75) is 25.2 Å². The molecule has 2 heterocycles. The number of anilines is 1. The predicted molar refractivity (Wildman–Crippen MR) is 75.7 cm³/mol. The molecule has 1 aromatic carbocycles. The number of hydrogen-bond donors (Lipinski definition) is 2. The normalized spacial score (nSPS) is 30.5. The van der Waals surface area contributed by atoms with E-state index in [4.69, 9.17) is 14.7 Å². The molecule has 2 N–H and O–H groups in total. The lowest BCUT2D eigenvalue weighted by Crippen LogP contribution is -2.45. The Morgan fingerprint density at radius 2 is 2.14 bits per heavy atom. The minimum absolute atomic E-state index is 0.224. The molecule has 6 heteroatoms. The second-order valence-corrected chi connectivity index (χ2v) is 5.41. The van der Waals surface area contributed by atoms with Gasteiger partial charge in [0, 0.05) is 5.69 Å². The van der Waals surface area contributed by atoms with Crippen LogP contribution < -0.4 is 10.6 Å². The number of benzene rings is 1. The molecule has 2 saturated heterocycles. The van der Waals surface area contributed by atoms with Crippen molar-refractivity contribution in [3.63, 3.8) is 0 Å². The smallest absolute Gasteiger partial charge is 0.319 e. The molecule has 2 aliphatic rings. The zero-order chi connectivity index (χ0) is 14.8. The lowest BCUT2D eigenvalue weighted by Gasteiger charge is -2.18. The SMILES string of the molecule is Cc1cccc(NC(=O)N[C@@H]2CO[C@H]3[C@H]2OC[C@@H]3C#N)c1. The third-order valence-electron chi connectivity index (χ3n) is 3.81. The lowest BCUT2D eigenvalue weighted by atomic mass is 10.0. The van der Waals surface area contributed by atoms with E-state index in [0.29, 0.717) is 13.2 Å². The van der Waals surface area contributed by atoms with Crippen molar-refractivity contribution >= 4 is 11.7 Å². The molecule has 21 heavy (non-hydrogen) atoms. The maximum atomic E-state index is 12.0. The molecular formula is C15H17N3O3. The molecular weight excluding hydrogens is 270 g/mol. The summed E-state index contributed by atoms with van der Waals surface area (Å²) in [5.74, 6) is -0.248. The van der Waals surface area contributed by atoms with Gasteiger partial charge in [0.05, 0.1) is 31.2 Å². The first-order chi connectivity index (χ1) is 10.2. The first-order valence-corrected chi connectivity index (χ1v) is 6.94. The van der Waals surface area contributed by atoms with Gasteiger partial charge in [0.25, 0.3) is 0 Å². The minimum Gasteiger partial charge on any atom is -0.372 e. The summed E-state index contributed by atoms with van der Waals surface area (Å²) in [6.07, 6.45) is -0.475. The number of amides is 2. The molecule has 0 aliphatic carbocycles. The molecule has 2 fully saturated rings. The highest BCUT2D eigenvalue weighted by atomic mass is 16.6. The van der Waals surface area contributed by atoms with Crippen LogP contribution in [0.2, 0.25) is 0 Å². The summed E-state index contributed by atoms with van der Waals surface area (Å²) < 4.78 is 11.1. The first kappa shape index (κ1) is 13.9. The van der Waals surface area contributed by atoms with Crippen LogP contribution in [0.3, 0.4) is 0 Å². The van der Waals surface area contributed by atoms with Crippen LogP contribution in [0.15, 0.2) is 24.3 Å². The number of nitrogens with zero attached hydrogens (tertiary/aromatic N) is 1. The number of carbonyl (C=O) groups excluding carboxylic acids is 1. The maximum Gasteiger partial charge on any atom is 0.319 e. The summed E-state index contributed by atoms with van der Waals surface area (Å²) >= 11 is 0. The van der Waals surface area contributed by atoms with E-state index < -0.39 is 0 Å². The van der Waals surface area contributed by atoms with Gasteiger partial charge in [-0.3, -0.25) is 0 Å². The van der Waals surface area contributed by atoms with Crippen LogP contribution in [0.1, 0.15) is 5.56 Å². The van der Waals surface area contributed by atoms with Crippen LogP contribution >= 0.6 is 0 Å². The molecule has 0 aromatic heterocycles. The van der Waals surface area contributed by atoms with Crippen LogP contribution in [-0.2, 0) is 9.47 Å². The van der Waals surface area contributed by atoms with Gasteiger partial charge in [-0.2, -0.15) is 5.26 Å². The number of urea groups is 1. The van der Waals surface area contributed by atoms with Crippen molar-refractivity contribution in [2.24, 2.45) is 5.92 Å². The van der Waals surface area contributed by atoms with E-state index in [0.717, 1.165) is 11.3 Å². The van der Waals surface area contributed by atoms with Crippen LogP contribution in [-0.4, -0.2) is 37.5 Å². The van der Waals surface area contributed by atoms with Gasteiger partial charge in [0.1, 0.15) is 12.2 Å². The summed E-state index contributed by atoms with van der Waals surface area (Å²) in [5.41, 5.74) is 1.82. The van der Waals surface area contributed by atoms with Crippen molar-refractivity contribution < 1.29 is 14.3 Å². The summed E-state index contributed by atoms with van der Waals surface area (Å²) in [4.78, 5) is 12.0. The van der Waals surface area contributed by atoms with E-state index in [1.54, 1.807) is 0 Å². The number of ether oxygens (including phenoxy) is 2. The standard InChI is InChI=1S/C15H17N3O3/c1-9-3-2-4-11(5-9)17-15(19)18-12-8-21-13-10(6-16)7-20-14(12)13/h2-5,10,12-14H,7-8H2,1H3,(H2,17,18,19)/t10-,12+,13+,14-/m0/s1. The quantitative estimate of drug-likeness (QED) is 0.861. The minimum atomic E-state index is -0.293. The number of fused-ring (bicyclic) bond motifs is 1. The Kier molecular flexibility index (Phi) is 3.78. The Hall–Kier alpha value is -2.10. The number of nitrogens with one attached hydrogen (secondary N) is 2. The maximum absolute atomic E-state index is 12.0. The molecule has 1 aromatic rings. The van der Waals surface area contributed by atoms with Crippen molar-refractivity contribution in [2.75, 3.05) is 18.5 Å². The molecule has 4 atom stereocenters. The van der Waals surface area contributed by atoms with Gasteiger partial charge in [0.2, 0.25) is 0 Å². The molecule has 0 bridgehead atoms. The highest BCUT2D eigenvalue weighted by Crippen LogP contribution is 2.30. The van der Waals surface area contributed by atoms with Gasteiger partial charge in [-0.25, -0.2) is 4.79 Å². The third-order valence-corrected chi connectivity index (χ3v) is 3.81. The van der Waals surface area contributed by atoms with Crippen molar-refractivity contribution in [1.29, 1.82) is 5.26 Å². The molecule has 0 saturated carbocycles. The van der Waals surface area contributed by atoms with E-state index in [-0.39, 0.29) is 30.2 Å². The first-order valence-electron chi connectivity index (χ1n) is 6.94. The molecule has 110 valence electrons. The largest absolute Gasteiger partial charge is 0.372 e. The Bertz CT molecular complexity index is 584. The second kappa shape index (κ2) is 5.72. The van der Waals surface area contributed by atoms with Crippen molar-refractivity contribution in [3.8, 4) is 6.07 Å². The number of rotatable bonds is 2. The Balaban J connectivity index is 1.58. The molecule has 2 aliphatic heterocycles. The Labute approximate surface area is 123 Å². The van der Waals surface area contributed by atoms with Crippen molar-refractivity contribution in [1.82, 2.24) is 5.32 Å². The fraction of sp³-hybridized carbons (Fsp3) is 0.467. The zero-order valence-corrected chi connectivity index (χ0v) is 11.7. The van der Waals surface area contributed by atoms with E-state index >= 15 is 0 Å². The predicted octanol–water partition coefficient (Wildman–Crippen LogP) is 1.42. The fourth-order valence-electron chi connectivity index (χ4n) is 2.79. The summed E-state index contributed by atoms with van der Waals surface area (Å²) in [6.45, 7) is 2.70. The molecule has 0 unspecified atom stereocenters. The van der Waals surface area contributed by atoms with Gasteiger partial charge in [-0.1, -0.05) is 12.1 Å². The van der Waals surface area contributed by atoms with E-state index in [1.165, 1.54) is 0 Å². The Morgan fingerprint density at radius 3 is 2.90 bits per heavy atom. The third kappa shape index (κ3) is 2.84. The zero-order valence-electron chi connectivity index (χ0n) is 11.7. The summed E-state index contributed by atoms with van der Waals surface area (Å²) in [5, 5.41) is 14.6. The van der Waals surface area contributed by atoms with Crippen LogP contribution in [0.4, 0.5) is 10.5 Å². The number of carbonyl (C=O) groups is 1. The lowest BCUT2D eigenvalue weighted by molar-refractivity contribution is 0.0665. The molecule has 6 nitrogen and oxygen atoms in total. The van der Waals surface area contributed by atoms with Crippen molar-refractivity contribution in [3.05, 3.63) is 29.8 Å². The van der Waals surface area contributed by atoms with E-state index in [1.807, 2.05) is 31.2 Å². The van der Waals surface area contributed by atoms with Gasteiger partial charge < -0.3 is 20.1 Å². The second-order valence-electron chi connectivity index (χ2n) is 5.41. The molecule has 2 amide bonds. The Morgan fingerprint density at radius 1 is 1.33 bits per heavy atom. The molecule has 3 rings (SSSR count). The number of aryl methyl sites for hydroxylation is 1. The highest BCUT2D eigenvalue weighted by Gasteiger charge is 2.48. The van der Waals surface area contributed by atoms with Crippen LogP contribution in [0.5, 0.6) is 0 Å². The summed E-state index contributed by atoms with van der Waals surface area (Å²) in [6, 6.07) is 9.24. The van der Waals surface area contributed by atoms with Crippen LogP contribution in [0.25, 0.3) is 0 Å². The van der Waals surface area contributed by atoms with E-state index in [2.05, 4.69) is 16.7 Å². The molecule has 0 radical (unpaired) electrons. The van der Waals surface area contributed by atoms with Gasteiger partial charge in [-0.05, 0) is 24.6 Å². The number of hydrogen-bond acceptors (Lipinski definition) is 4. The molecule has 0 spiro atoms. The fourth-order valence-corrected chi connectivity index (χ4v) is 2.79. The van der Waals surface area contributed by atoms with Gasteiger partial charge in [0.15, 0.2) is 0 Å². The topological polar surface area (TPSA) is 83.4 Å². The monoisotopic (exact) mass is 287 g/mol.